The van der Waals surface area contributed by atoms with Crippen LogP contribution in [0, 0.1) is 0 Å². The number of ether oxygens (including phenoxy) is 1. The summed E-state index contributed by atoms with van der Waals surface area (Å²) in [5.41, 5.74) is 11.1. The number of alkyl halides is 3. The maximum Gasteiger partial charge on any atom is 0.573 e. The van der Waals surface area contributed by atoms with Crippen molar-refractivity contribution in [1.29, 1.82) is 0 Å². The minimum Gasteiger partial charge on any atom is -0.504 e. The van der Waals surface area contributed by atoms with Crippen LogP contribution in [-0.4, -0.2) is 18.0 Å². The van der Waals surface area contributed by atoms with Crippen LogP contribution in [0.25, 0.3) is 0 Å². The van der Waals surface area contributed by atoms with E-state index in [2.05, 4.69) is 4.74 Å². The number of nitrogens with two attached hydrogens (primary N) is 2. The molecule has 104 valence electrons. The Morgan fingerprint density at radius 3 is 2.44 bits per heavy atom. The van der Waals surface area contributed by atoms with Crippen molar-refractivity contribution in [3.8, 4) is 11.5 Å². The molecule has 18 heavy (non-hydrogen) atoms. The van der Waals surface area contributed by atoms with Gasteiger partial charge < -0.3 is 21.3 Å². The largest absolute Gasteiger partial charge is 0.573 e. The average Bonchev–Trinajstić information content (AvgIpc) is 2.19. The lowest BCUT2D eigenvalue weighted by atomic mass is 10.0. The van der Waals surface area contributed by atoms with Gasteiger partial charge in [0, 0.05) is 11.6 Å². The van der Waals surface area contributed by atoms with E-state index in [4.69, 9.17) is 11.5 Å². The molecule has 0 saturated heterocycles. The molecule has 0 unspecified atom stereocenters. The molecule has 0 aliphatic carbocycles. The van der Waals surface area contributed by atoms with Crippen molar-refractivity contribution in [3.63, 3.8) is 0 Å². The van der Waals surface area contributed by atoms with Crippen LogP contribution in [0.15, 0.2) is 18.2 Å². The summed E-state index contributed by atoms with van der Waals surface area (Å²) in [6, 6.07) is 3.14. The highest BCUT2D eigenvalue weighted by atomic mass is 35.5. The Kier molecular flexibility index (Phi) is 6.23. The van der Waals surface area contributed by atoms with Gasteiger partial charge in [0.2, 0.25) is 0 Å². The number of para-hydroxylation sites is 1. The fraction of sp³-hybridized carbons (Fsp3) is 0.400. The lowest BCUT2D eigenvalue weighted by Gasteiger charge is -2.16. The summed E-state index contributed by atoms with van der Waals surface area (Å²) >= 11 is 0. The Balaban J connectivity index is 0.00000289. The predicted molar refractivity (Wildman–Crippen MR) is 62.6 cm³/mol. The lowest BCUT2D eigenvalue weighted by molar-refractivity contribution is -0.275. The Morgan fingerprint density at radius 1 is 1.33 bits per heavy atom. The van der Waals surface area contributed by atoms with E-state index in [-0.39, 0.29) is 24.5 Å². The second-order valence-corrected chi connectivity index (χ2v) is 3.43. The zero-order valence-electron chi connectivity index (χ0n) is 9.28. The van der Waals surface area contributed by atoms with Gasteiger partial charge in [0.15, 0.2) is 11.5 Å². The standard InChI is InChI=1S/C10H13F3N2O2.ClH/c11-10(12,13)17-8-3-1-2-6(9(8)16)7(15)4-5-14;/h1-3,7,16H,4-5,14-15H2;1H/t7-;/m1./s1. The van der Waals surface area contributed by atoms with E-state index in [1.807, 2.05) is 0 Å². The molecule has 1 aromatic rings. The molecule has 0 aliphatic heterocycles. The number of hydrogen-bond acceptors (Lipinski definition) is 4. The molecule has 1 aromatic carbocycles. The molecule has 4 nitrogen and oxygen atoms in total. The van der Waals surface area contributed by atoms with Crippen LogP contribution in [0.5, 0.6) is 11.5 Å². The molecule has 0 bridgehead atoms. The number of phenols is 1. The van der Waals surface area contributed by atoms with Gasteiger partial charge in [-0.2, -0.15) is 0 Å². The summed E-state index contributed by atoms with van der Waals surface area (Å²) in [6.07, 6.45) is -4.50. The number of hydrogen-bond donors (Lipinski definition) is 3. The van der Waals surface area contributed by atoms with Crippen molar-refractivity contribution in [2.45, 2.75) is 18.8 Å². The zero-order chi connectivity index (χ0) is 13.1. The molecule has 0 radical (unpaired) electrons. The molecular weight excluding hydrogens is 273 g/mol. The first-order chi connectivity index (χ1) is 7.85. The summed E-state index contributed by atoms with van der Waals surface area (Å²) in [5.74, 6) is -1.27. The van der Waals surface area contributed by atoms with E-state index in [1.54, 1.807) is 0 Å². The molecule has 0 spiro atoms. The first-order valence-electron chi connectivity index (χ1n) is 4.88. The Hall–Kier alpha value is -1.18. The van der Waals surface area contributed by atoms with Crippen LogP contribution < -0.4 is 16.2 Å². The summed E-state index contributed by atoms with van der Waals surface area (Å²) in [7, 11) is 0. The molecule has 8 heteroatoms. The number of benzene rings is 1. The number of phenolic OH excluding ortho intramolecular Hbond substituents is 1. The fourth-order valence-corrected chi connectivity index (χ4v) is 1.38. The van der Waals surface area contributed by atoms with Crippen molar-refractivity contribution in [3.05, 3.63) is 23.8 Å². The maximum absolute atomic E-state index is 12.0. The van der Waals surface area contributed by atoms with Crippen molar-refractivity contribution in [1.82, 2.24) is 0 Å². The quantitative estimate of drug-likeness (QED) is 0.791. The van der Waals surface area contributed by atoms with Crippen LogP contribution in [0.2, 0.25) is 0 Å². The molecular formula is C10H14ClF3N2O2. The average molecular weight is 287 g/mol. The van der Waals surface area contributed by atoms with E-state index < -0.39 is 23.9 Å². The molecule has 1 rings (SSSR count). The van der Waals surface area contributed by atoms with Crippen LogP contribution in [0.1, 0.15) is 18.0 Å². The smallest absolute Gasteiger partial charge is 0.504 e. The van der Waals surface area contributed by atoms with Crippen LogP contribution in [-0.2, 0) is 0 Å². The van der Waals surface area contributed by atoms with Crippen LogP contribution in [0.4, 0.5) is 13.2 Å². The topological polar surface area (TPSA) is 81.5 Å². The fourth-order valence-electron chi connectivity index (χ4n) is 1.38. The Bertz CT molecular complexity index is 388. The first-order valence-corrected chi connectivity index (χ1v) is 4.88. The van der Waals surface area contributed by atoms with Gasteiger partial charge in [0.25, 0.3) is 0 Å². The van der Waals surface area contributed by atoms with Gasteiger partial charge in [-0.3, -0.25) is 0 Å². The highest BCUT2D eigenvalue weighted by molar-refractivity contribution is 5.85. The van der Waals surface area contributed by atoms with Gasteiger partial charge in [-0.15, -0.1) is 25.6 Å². The molecule has 0 saturated carbocycles. The second kappa shape index (κ2) is 6.67. The van der Waals surface area contributed by atoms with Crippen molar-refractivity contribution < 1.29 is 23.0 Å². The maximum atomic E-state index is 12.0. The highest BCUT2D eigenvalue weighted by Crippen LogP contribution is 2.36. The third kappa shape index (κ3) is 4.59. The molecule has 0 aliphatic rings. The van der Waals surface area contributed by atoms with E-state index in [1.165, 1.54) is 12.1 Å². The van der Waals surface area contributed by atoms with E-state index in [9.17, 15) is 18.3 Å². The zero-order valence-corrected chi connectivity index (χ0v) is 10.1. The molecule has 5 N–H and O–H groups in total. The number of rotatable bonds is 4. The van der Waals surface area contributed by atoms with Crippen molar-refractivity contribution >= 4 is 12.4 Å². The van der Waals surface area contributed by atoms with Gasteiger partial charge in [-0.1, -0.05) is 12.1 Å². The Labute approximate surface area is 108 Å². The normalized spacial score (nSPS) is 12.7. The summed E-state index contributed by atoms with van der Waals surface area (Å²) in [5, 5.41) is 9.60. The molecule has 0 heterocycles. The Morgan fingerprint density at radius 2 is 1.94 bits per heavy atom. The summed E-state index contributed by atoms with van der Waals surface area (Å²) < 4.78 is 39.7. The monoisotopic (exact) mass is 286 g/mol. The van der Waals surface area contributed by atoms with Gasteiger partial charge in [-0.25, -0.2) is 0 Å². The third-order valence-electron chi connectivity index (χ3n) is 2.13. The molecule has 0 amide bonds. The second-order valence-electron chi connectivity index (χ2n) is 3.43. The van der Waals surface area contributed by atoms with Crippen molar-refractivity contribution in [2.24, 2.45) is 11.5 Å². The summed E-state index contributed by atoms with van der Waals surface area (Å²) in [4.78, 5) is 0. The minimum atomic E-state index is -4.85. The van der Waals surface area contributed by atoms with Gasteiger partial charge in [0.1, 0.15) is 0 Å². The van der Waals surface area contributed by atoms with E-state index in [0.29, 0.717) is 6.42 Å². The molecule has 0 fully saturated rings. The number of halogens is 4. The van der Waals surface area contributed by atoms with E-state index >= 15 is 0 Å². The van der Waals surface area contributed by atoms with E-state index in [0.717, 1.165) is 6.07 Å². The number of aromatic hydroxyl groups is 1. The van der Waals surface area contributed by atoms with Crippen LogP contribution >= 0.6 is 12.4 Å². The lowest BCUT2D eigenvalue weighted by Crippen LogP contribution is -2.19. The van der Waals surface area contributed by atoms with Gasteiger partial charge >= 0.3 is 6.36 Å². The minimum absolute atomic E-state index is 0. The molecule has 1 atom stereocenters. The van der Waals surface area contributed by atoms with Gasteiger partial charge in [0.05, 0.1) is 0 Å². The third-order valence-corrected chi connectivity index (χ3v) is 2.13. The predicted octanol–water partition coefficient (Wildman–Crippen LogP) is 2.06. The van der Waals surface area contributed by atoms with Crippen LogP contribution in [0.3, 0.4) is 0 Å². The SMILES string of the molecule is Cl.NCC[C@@H](N)c1cccc(OC(F)(F)F)c1O. The highest BCUT2D eigenvalue weighted by Gasteiger charge is 2.32. The molecule has 0 aromatic heterocycles. The first kappa shape index (κ1) is 16.8. The summed E-state index contributed by atoms with van der Waals surface area (Å²) in [6.45, 7) is 0.269. The van der Waals surface area contributed by atoms with Crippen molar-refractivity contribution in [2.75, 3.05) is 6.54 Å². The van der Waals surface area contributed by atoms with Gasteiger partial charge in [-0.05, 0) is 19.0 Å².